The third kappa shape index (κ3) is 6.53. The molecule has 3 aromatic rings. The van der Waals surface area contributed by atoms with Gasteiger partial charge in [0.2, 0.25) is 0 Å². The highest BCUT2D eigenvalue weighted by Crippen LogP contribution is 2.19. The van der Waals surface area contributed by atoms with Gasteiger partial charge in [-0.1, -0.05) is 91.0 Å². The molecule has 0 aliphatic heterocycles. The van der Waals surface area contributed by atoms with Crippen molar-refractivity contribution in [2.24, 2.45) is 0 Å². The number of aliphatic hydroxyl groups excluding tert-OH is 1. The fraction of sp³-hybridized carbons (Fsp3) is 0.240. The second-order valence-electron chi connectivity index (χ2n) is 7.28. The highest BCUT2D eigenvalue weighted by molar-refractivity contribution is 5.87. The topological polar surface area (TPSA) is 53.9 Å². The number of carbonyl (C=O) groups is 1. The number of carbonyl (C=O) groups excluding carboxylic acids is 1. The summed E-state index contributed by atoms with van der Waals surface area (Å²) in [6.45, 7) is 2.61. The maximum Gasteiger partial charge on any atom is 0.150 e. The first-order valence-electron chi connectivity index (χ1n) is 9.83. The van der Waals surface area contributed by atoms with Crippen LogP contribution in [0.4, 0.5) is 0 Å². The lowest BCUT2D eigenvalue weighted by Gasteiger charge is -2.21. The van der Waals surface area contributed by atoms with Crippen LogP contribution in [0.2, 0.25) is 0 Å². The fourth-order valence-corrected chi connectivity index (χ4v) is 3.49. The maximum absolute atomic E-state index is 13.1. The second kappa shape index (κ2) is 11.5. The number of hydrogen-bond donors (Lipinski definition) is 2. The molecular weight excluding hydrogens is 382 g/mol. The smallest absolute Gasteiger partial charge is 0.150 e. The van der Waals surface area contributed by atoms with Crippen molar-refractivity contribution < 1.29 is 27.6 Å². The molecule has 0 bridgehead atoms. The molecule has 0 saturated heterocycles. The Hall–Kier alpha value is -2.46. The van der Waals surface area contributed by atoms with Gasteiger partial charge in [0.05, 0.1) is 12.5 Å². The molecule has 4 heteroatoms. The highest BCUT2D eigenvalue weighted by Gasteiger charge is 2.26. The van der Waals surface area contributed by atoms with Gasteiger partial charge in [-0.05, 0) is 23.6 Å². The Morgan fingerprint density at radius 2 is 1.31 bits per heavy atom. The van der Waals surface area contributed by atoms with Crippen molar-refractivity contribution in [1.29, 1.82) is 0 Å². The number of nitrogens with two attached hydrogens (primary N) is 1. The van der Waals surface area contributed by atoms with E-state index in [0.717, 1.165) is 16.7 Å². The molecule has 0 saturated carbocycles. The van der Waals surface area contributed by atoms with Gasteiger partial charge in [-0.25, -0.2) is 0 Å². The van der Waals surface area contributed by atoms with Crippen LogP contribution in [0.5, 0.6) is 0 Å². The number of quaternary nitrogens is 1. The normalized spacial score (nSPS) is 13.7. The van der Waals surface area contributed by atoms with Crippen molar-refractivity contribution in [2.45, 2.75) is 31.4 Å². The van der Waals surface area contributed by atoms with E-state index in [2.05, 4.69) is 5.32 Å². The molecule has 3 nitrogen and oxygen atoms in total. The summed E-state index contributed by atoms with van der Waals surface area (Å²) in [5, 5.41) is 12.7. The van der Waals surface area contributed by atoms with Crippen LogP contribution in [-0.2, 0) is 11.2 Å². The van der Waals surface area contributed by atoms with Gasteiger partial charge in [0.25, 0.3) is 0 Å². The number of Topliss-reactive ketones (excluding diaryl/α,β-unsaturated/α-hetero) is 1. The van der Waals surface area contributed by atoms with Gasteiger partial charge >= 0.3 is 0 Å². The average Bonchev–Trinajstić information content (AvgIpc) is 2.75. The first-order valence-corrected chi connectivity index (χ1v) is 9.83. The molecule has 3 atom stereocenters. The summed E-state index contributed by atoms with van der Waals surface area (Å²) in [7, 11) is 0. The summed E-state index contributed by atoms with van der Waals surface area (Å²) in [4.78, 5) is 13.1. The first-order chi connectivity index (χ1) is 13.6. The van der Waals surface area contributed by atoms with Crippen LogP contribution < -0.4 is 17.7 Å². The molecule has 152 valence electrons. The predicted molar refractivity (Wildman–Crippen MR) is 112 cm³/mol. The summed E-state index contributed by atoms with van der Waals surface area (Å²) in [5.41, 5.74) is 2.96. The van der Waals surface area contributed by atoms with Gasteiger partial charge in [-0.2, -0.15) is 0 Å². The number of benzene rings is 3. The monoisotopic (exact) mass is 409 g/mol. The average molecular weight is 410 g/mol. The third-order valence-electron chi connectivity index (χ3n) is 5.19. The molecule has 0 spiro atoms. The lowest BCUT2D eigenvalue weighted by Crippen LogP contribution is -3.00. The van der Waals surface area contributed by atoms with Gasteiger partial charge in [0, 0.05) is 6.42 Å². The van der Waals surface area contributed by atoms with Crippen LogP contribution in [0.25, 0.3) is 0 Å². The zero-order valence-corrected chi connectivity index (χ0v) is 17.4. The van der Waals surface area contributed by atoms with Gasteiger partial charge in [0.15, 0.2) is 0 Å². The molecule has 29 heavy (non-hydrogen) atoms. The minimum absolute atomic E-state index is 0. The number of rotatable bonds is 9. The third-order valence-corrected chi connectivity index (χ3v) is 5.19. The van der Waals surface area contributed by atoms with E-state index in [1.807, 2.05) is 97.9 Å². The molecule has 0 heterocycles. The summed E-state index contributed by atoms with van der Waals surface area (Å²) < 4.78 is 0. The van der Waals surface area contributed by atoms with E-state index < -0.39 is 6.10 Å². The van der Waals surface area contributed by atoms with E-state index in [4.69, 9.17) is 0 Å². The minimum atomic E-state index is -0.568. The number of aliphatic hydroxyl groups is 1. The Labute approximate surface area is 179 Å². The second-order valence-corrected chi connectivity index (χ2v) is 7.28. The van der Waals surface area contributed by atoms with Crippen molar-refractivity contribution in [1.82, 2.24) is 0 Å². The van der Waals surface area contributed by atoms with Crippen molar-refractivity contribution in [3.63, 3.8) is 0 Å². The standard InChI is InChI=1S/C25H27NO2.ClH/c1-19(25(28)22-15-9-4-10-16-22)26-18-23(21-13-7-3-8-14-21)24(27)17-20-11-5-2-6-12-20;/h2-16,19,23,25-26,28H,17-18H2,1H3;1H. The Bertz CT molecular complexity index is 856. The molecular formula is C25H28ClNO2. The van der Waals surface area contributed by atoms with E-state index in [0.29, 0.717) is 13.0 Å². The molecule has 0 radical (unpaired) electrons. The van der Waals surface area contributed by atoms with E-state index in [1.54, 1.807) is 0 Å². The van der Waals surface area contributed by atoms with Crippen LogP contribution in [0.15, 0.2) is 91.0 Å². The van der Waals surface area contributed by atoms with Gasteiger partial charge < -0.3 is 22.8 Å². The molecule has 0 aliphatic carbocycles. The molecule has 0 amide bonds. The van der Waals surface area contributed by atoms with Crippen LogP contribution in [0, 0.1) is 0 Å². The van der Waals surface area contributed by atoms with Crippen LogP contribution >= 0.6 is 0 Å². The van der Waals surface area contributed by atoms with Crippen LogP contribution in [0.1, 0.15) is 35.6 Å². The lowest BCUT2D eigenvalue weighted by atomic mass is 9.90. The predicted octanol–water partition coefficient (Wildman–Crippen LogP) is 0.271. The van der Waals surface area contributed by atoms with Crippen molar-refractivity contribution in [3.05, 3.63) is 108 Å². The van der Waals surface area contributed by atoms with E-state index in [-0.39, 0.29) is 30.2 Å². The fourth-order valence-electron chi connectivity index (χ4n) is 3.49. The minimum Gasteiger partial charge on any atom is -1.00 e. The molecule has 3 unspecified atom stereocenters. The Balaban J connectivity index is 0.00000300. The molecule has 0 aromatic heterocycles. The Kier molecular flexibility index (Phi) is 9.07. The van der Waals surface area contributed by atoms with E-state index >= 15 is 0 Å². The van der Waals surface area contributed by atoms with Crippen molar-refractivity contribution in [3.8, 4) is 0 Å². The lowest BCUT2D eigenvalue weighted by molar-refractivity contribution is -0.695. The number of ketones is 1. The number of halogens is 1. The SMILES string of the molecule is CC([NH2+]CC(C(=O)Cc1ccccc1)c1ccccc1)C(O)c1ccccc1.[Cl-]. The van der Waals surface area contributed by atoms with Gasteiger partial charge in [-0.3, -0.25) is 4.79 Å². The quantitative estimate of drug-likeness (QED) is 0.533. The zero-order valence-electron chi connectivity index (χ0n) is 16.6. The van der Waals surface area contributed by atoms with Gasteiger partial charge in [0.1, 0.15) is 17.9 Å². The molecule has 0 aliphatic rings. The van der Waals surface area contributed by atoms with Crippen molar-refractivity contribution >= 4 is 5.78 Å². The summed E-state index contributed by atoms with van der Waals surface area (Å²) >= 11 is 0. The summed E-state index contributed by atoms with van der Waals surface area (Å²) in [6.07, 6.45) is -0.147. The molecule has 3 N–H and O–H groups in total. The Morgan fingerprint density at radius 1 is 0.828 bits per heavy atom. The summed E-state index contributed by atoms with van der Waals surface area (Å²) in [5.74, 6) is 0.00174. The van der Waals surface area contributed by atoms with E-state index in [9.17, 15) is 9.90 Å². The maximum atomic E-state index is 13.1. The molecule has 0 fully saturated rings. The largest absolute Gasteiger partial charge is 1.00 e. The van der Waals surface area contributed by atoms with Crippen molar-refractivity contribution in [2.75, 3.05) is 6.54 Å². The Morgan fingerprint density at radius 3 is 1.86 bits per heavy atom. The molecule has 3 aromatic carbocycles. The van der Waals surface area contributed by atoms with Gasteiger partial charge in [-0.15, -0.1) is 0 Å². The highest BCUT2D eigenvalue weighted by atomic mass is 35.5. The van der Waals surface area contributed by atoms with Crippen LogP contribution in [0.3, 0.4) is 0 Å². The number of hydrogen-bond acceptors (Lipinski definition) is 2. The van der Waals surface area contributed by atoms with E-state index in [1.165, 1.54) is 0 Å². The summed E-state index contributed by atoms with van der Waals surface area (Å²) in [6, 6.07) is 29.4. The first kappa shape index (κ1) is 22.8. The molecule has 3 rings (SSSR count). The zero-order chi connectivity index (χ0) is 19.8. The van der Waals surface area contributed by atoms with Crippen LogP contribution in [-0.4, -0.2) is 23.5 Å².